The second kappa shape index (κ2) is 6.18. The second-order valence-electron chi connectivity index (χ2n) is 6.70. The van der Waals surface area contributed by atoms with Gasteiger partial charge in [0.25, 0.3) is 0 Å². The maximum Gasteiger partial charge on any atom is 0.135 e. The van der Waals surface area contributed by atoms with E-state index >= 15 is 0 Å². The van der Waals surface area contributed by atoms with Crippen LogP contribution in [0.25, 0.3) is 0 Å². The van der Waals surface area contributed by atoms with E-state index in [0.29, 0.717) is 11.5 Å². The number of hydrogen-bond acceptors (Lipinski definition) is 5. The van der Waals surface area contributed by atoms with Gasteiger partial charge in [-0.1, -0.05) is 13.8 Å². The number of likely N-dealkylation sites (N-methyl/N-ethyl adjacent to an activating group) is 2. The van der Waals surface area contributed by atoms with Crippen LogP contribution in [0.15, 0.2) is 6.07 Å². The fourth-order valence-electron chi connectivity index (χ4n) is 2.89. The molecular weight excluding hydrogens is 262 g/mol. The average Bonchev–Trinajstić information content (AvgIpc) is 2.41. The molecule has 0 aliphatic heterocycles. The van der Waals surface area contributed by atoms with Crippen molar-refractivity contribution in [1.82, 2.24) is 14.9 Å². The SMILES string of the molecule is CNc1cc(N(C)CC2(N(C)C)CCC2)nc(C(C)C)n1. The molecule has 0 unspecified atom stereocenters. The Balaban J connectivity index is 2.22. The van der Waals surface area contributed by atoms with Gasteiger partial charge in [0.1, 0.15) is 17.5 Å². The van der Waals surface area contributed by atoms with Crippen molar-refractivity contribution in [3.8, 4) is 0 Å². The minimum absolute atomic E-state index is 0.303. The predicted molar refractivity (Wildman–Crippen MR) is 89.2 cm³/mol. The smallest absolute Gasteiger partial charge is 0.135 e. The first-order valence-corrected chi connectivity index (χ1v) is 7.83. The highest BCUT2D eigenvalue weighted by Gasteiger charge is 2.40. The third-order valence-corrected chi connectivity index (χ3v) is 4.66. The Labute approximate surface area is 128 Å². The Morgan fingerprint density at radius 1 is 1.24 bits per heavy atom. The Bertz CT molecular complexity index is 480. The van der Waals surface area contributed by atoms with Gasteiger partial charge in [-0.05, 0) is 33.4 Å². The summed E-state index contributed by atoms with van der Waals surface area (Å²) in [4.78, 5) is 13.9. The first-order chi connectivity index (χ1) is 9.88. The van der Waals surface area contributed by atoms with Gasteiger partial charge in [0.05, 0.1) is 0 Å². The van der Waals surface area contributed by atoms with Gasteiger partial charge in [0.15, 0.2) is 0 Å². The molecule has 1 heterocycles. The summed E-state index contributed by atoms with van der Waals surface area (Å²) in [5.41, 5.74) is 0.303. The largest absolute Gasteiger partial charge is 0.373 e. The number of aromatic nitrogens is 2. The molecule has 118 valence electrons. The van der Waals surface area contributed by atoms with E-state index in [1.54, 1.807) is 0 Å². The lowest BCUT2D eigenvalue weighted by Crippen LogP contribution is -2.56. The summed E-state index contributed by atoms with van der Waals surface area (Å²) in [6, 6.07) is 2.04. The quantitative estimate of drug-likeness (QED) is 0.872. The molecule has 1 aromatic rings. The number of anilines is 2. The first kappa shape index (κ1) is 16.0. The summed E-state index contributed by atoms with van der Waals surface area (Å²) in [7, 11) is 8.41. The molecule has 1 aliphatic rings. The molecule has 1 saturated carbocycles. The molecule has 0 atom stereocenters. The van der Waals surface area contributed by atoms with E-state index in [-0.39, 0.29) is 0 Å². The summed E-state index contributed by atoms with van der Waals surface area (Å²) in [5.74, 6) is 3.13. The minimum Gasteiger partial charge on any atom is -0.373 e. The molecule has 0 amide bonds. The van der Waals surface area contributed by atoms with Gasteiger partial charge in [-0.15, -0.1) is 0 Å². The van der Waals surface area contributed by atoms with Crippen LogP contribution < -0.4 is 10.2 Å². The van der Waals surface area contributed by atoms with Gasteiger partial charge in [0.2, 0.25) is 0 Å². The summed E-state index contributed by atoms with van der Waals surface area (Å²) in [6.07, 6.45) is 3.87. The molecule has 0 bridgehead atoms. The number of rotatable bonds is 6. The zero-order valence-corrected chi connectivity index (χ0v) is 14.3. The van der Waals surface area contributed by atoms with E-state index in [1.165, 1.54) is 19.3 Å². The van der Waals surface area contributed by atoms with Gasteiger partial charge in [-0.25, -0.2) is 9.97 Å². The molecular formula is C16H29N5. The van der Waals surface area contributed by atoms with Crippen molar-refractivity contribution in [3.63, 3.8) is 0 Å². The molecule has 1 N–H and O–H groups in total. The molecule has 21 heavy (non-hydrogen) atoms. The van der Waals surface area contributed by atoms with Gasteiger partial charge >= 0.3 is 0 Å². The lowest BCUT2D eigenvalue weighted by atomic mass is 9.75. The molecule has 0 saturated heterocycles. The van der Waals surface area contributed by atoms with E-state index in [2.05, 4.69) is 55.1 Å². The molecule has 5 heteroatoms. The third-order valence-electron chi connectivity index (χ3n) is 4.66. The molecule has 1 fully saturated rings. The molecule has 1 aliphatic carbocycles. The van der Waals surface area contributed by atoms with Crippen molar-refractivity contribution >= 4 is 11.6 Å². The van der Waals surface area contributed by atoms with Crippen LogP contribution in [-0.2, 0) is 0 Å². The second-order valence-corrected chi connectivity index (χ2v) is 6.70. The zero-order chi connectivity index (χ0) is 15.6. The van der Waals surface area contributed by atoms with Crippen molar-refractivity contribution in [2.24, 2.45) is 0 Å². The van der Waals surface area contributed by atoms with Gasteiger partial charge in [-0.3, -0.25) is 0 Å². The van der Waals surface area contributed by atoms with Gasteiger partial charge in [-0.2, -0.15) is 0 Å². The van der Waals surface area contributed by atoms with Gasteiger partial charge < -0.3 is 15.1 Å². The van der Waals surface area contributed by atoms with Crippen molar-refractivity contribution < 1.29 is 0 Å². The highest BCUT2D eigenvalue weighted by Crippen LogP contribution is 2.37. The van der Waals surface area contributed by atoms with E-state index in [0.717, 1.165) is 24.0 Å². The summed E-state index contributed by atoms with van der Waals surface area (Å²) < 4.78 is 0. The Hall–Kier alpha value is -1.36. The first-order valence-electron chi connectivity index (χ1n) is 7.83. The Morgan fingerprint density at radius 3 is 2.33 bits per heavy atom. The van der Waals surface area contributed by atoms with E-state index < -0.39 is 0 Å². The predicted octanol–water partition coefficient (Wildman–Crippen LogP) is 2.56. The Morgan fingerprint density at radius 2 is 1.90 bits per heavy atom. The van der Waals surface area contributed by atoms with E-state index in [1.807, 2.05) is 13.1 Å². The number of hydrogen-bond donors (Lipinski definition) is 1. The summed E-state index contributed by atoms with van der Waals surface area (Å²) in [5, 5.41) is 3.14. The number of nitrogens with one attached hydrogen (secondary N) is 1. The topological polar surface area (TPSA) is 44.3 Å². The van der Waals surface area contributed by atoms with Crippen LogP contribution in [0.4, 0.5) is 11.6 Å². The molecule has 2 rings (SSSR count). The lowest BCUT2D eigenvalue weighted by molar-refractivity contribution is 0.0681. The average molecular weight is 291 g/mol. The monoisotopic (exact) mass is 291 g/mol. The standard InChI is InChI=1S/C16H29N5/c1-12(2)15-18-13(17-3)10-14(19-15)21(6)11-16(20(4)5)8-7-9-16/h10,12H,7-9,11H2,1-6H3,(H,17,18,19). The molecule has 0 aromatic carbocycles. The maximum absolute atomic E-state index is 4.74. The third kappa shape index (κ3) is 3.28. The van der Waals surface area contributed by atoms with E-state index in [9.17, 15) is 0 Å². The maximum atomic E-state index is 4.74. The van der Waals surface area contributed by atoms with Crippen molar-refractivity contribution in [3.05, 3.63) is 11.9 Å². The van der Waals surface area contributed by atoms with Crippen LogP contribution in [0, 0.1) is 0 Å². The number of nitrogens with zero attached hydrogens (tertiary/aromatic N) is 4. The highest BCUT2D eigenvalue weighted by molar-refractivity contribution is 5.49. The molecule has 0 radical (unpaired) electrons. The van der Waals surface area contributed by atoms with E-state index in [4.69, 9.17) is 4.98 Å². The van der Waals surface area contributed by atoms with Crippen LogP contribution in [0.5, 0.6) is 0 Å². The van der Waals surface area contributed by atoms with Crippen LogP contribution in [0.2, 0.25) is 0 Å². The zero-order valence-electron chi connectivity index (χ0n) is 14.3. The molecule has 1 aromatic heterocycles. The fraction of sp³-hybridized carbons (Fsp3) is 0.750. The normalized spacial score (nSPS) is 17.0. The Kier molecular flexibility index (Phi) is 4.71. The fourth-order valence-corrected chi connectivity index (χ4v) is 2.89. The summed E-state index contributed by atoms with van der Waals surface area (Å²) in [6.45, 7) is 5.27. The van der Waals surface area contributed by atoms with Gasteiger partial charge in [0, 0.05) is 38.2 Å². The highest BCUT2D eigenvalue weighted by atomic mass is 15.3. The van der Waals surface area contributed by atoms with Crippen LogP contribution >= 0.6 is 0 Å². The van der Waals surface area contributed by atoms with Crippen molar-refractivity contribution in [2.75, 3.05) is 45.0 Å². The summed E-state index contributed by atoms with van der Waals surface area (Å²) >= 11 is 0. The van der Waals surface area contributed by atoms with Crippen molar-refractivity contribution in [1.29, 1.82) is 0 Å². The molecule has 5 nitrogen and oxygen atoms in total. The minimum atomic E-state index is 0.303. The van der Waals surface area contributed by atoms with Crippen LogP contribution in [0.1, 0.15) is 44.9 Å². The molecule has 0 spiro atoms. The lowest BCUT2D eigenvalue weighted by Gasteiger charge is -2.49. The van der Waals surface area contributed by atoms with Crippen molar-refractivity contribution in [2.45, 2.75) is 44.6 Å². The van der Waals surface area contributed by atoms with Crippen LogP contribution in [0.3, 0.4) is 0 Å². The van der Waals surface area contributed by atoms with Crippen LogP contribution in [-0.4, -0.2) is 55.1 Å².